The van der Waals surface area contributed by atoms with E-state index in [0.717, 1.165) is 18.6 Å². The van der Waals surface area contributed by atoms with E-state index in [-0.39, 0.29) is 0 Å². The van der Waals surface area contributed by atoms with Gasteiger partial charge in [0.2, 0.25) is 0 Å². The lowest BCUT2D eigenvalue weighted by Crippen LogP contribution is -2.40. The van der Waals surface area contributed by atoms with E-state index < -0.39 is 0 Å². The van der Waals surface area contributed by atoms with E-state index in [2.05, 4.69) is 35.6 Å². The molecule has 19 heavy (non-hydrogen) atoms. The minimum atomic E-state index is 0.496. The molecule has 2 fully saturated rings. The average Bonchev–Trinajstić information content (AvgIpc) is 2.91. The number of ether oxygens (including phenoxy) is 1. The topological polar surface area (TPSA) is 21.3 Å². The van der Waals surface area contributed by atoms with Gasteiger partial charge in [0.25, 0.3) is 0 Å². The fraction of sp³-hybridized carbons (Fsp3) is 0.647. The molecule has 2 aliphatic rings. The van der Waals surface area contributed by atoms with Gasteiger partial charge in [-0.05, 0) is 43.7 Å². The highest BCUT2D eigenvalue weighted by Gasteiger charge is 2.30. The molecule has 0 heterocycles. The Bertz CT molecular complexity index is 366. The van der Waals surface area contributed by atoms with Gasteiger partial charge in [0.15, 0.2) is 0 Å². The fourth-order valence-electron chi connectivity index (χ4n) is 3.23. The normalized spacial score (nSPS) is 27.4. The Kier molecular flexibility index (Phi) is 4.52. The molecule has 0 saturated heterocycles. The highest BCUT2D eigenvalue weighted by atomic mass is 16.5. The molecule has 1 aromatic rings. The van der Waals surface area contributed by atoms with Gasteiger partial charge in [0.05, 0.1) is 12.7 Å². The van der Waals surface area contributed by atoms with Crippen LogP contribution in [0.25, 0.3) is 0 Å². The zero-order valence-corrected chi connectivity index (χ0v) is 11.7. The quantitative estimate of drug-likeness (QED) is 0.844. The van der Waals surface area contributed by atoms with Crippen molar-refractivity contribution in [3.8, 4) is 0 Å². The Balaban J connectivity index is 1.28. The maximum absolute atomic E-state index is 5.94. The molecular formula is C17H25NO. The first kappa shape index (κ1) is 13.1. The lowest BCUT2D eigenvalue weighted by molar-refractivity contribution is -0.0400. The van der Waals surface area contributed by atoms with Gasteiger partial charge in [-0.25, -0.2) is 0 Å². The Morgan fingerprint density at radius 1 is 1.05 bits per heavy atom. The third-order valence-corrected chi connectivity index (χ3v) is 4.57. The zero-order valence-electron chi connectivity index (χ0n) is 11.7. The first-order valence-corrected chi connectivity index (χ1v) is 7.79. The van der Waals surface area contributed by atoms with Crippen molar-refractivity contribution in [3.05, 3.63) is 35.9 Å². The molecule has 1 N–H and O–H groups in total. The van der Waals surface area contributed by atoms with Crippen molar-refractivity contribution in [2.45, 2.75) is 57.3 Å². The van der Waals surface area contributed by atoms with Crippen molar-refractivity contribution in [1.29, 1.82) is 0 Å². The summed E-state index contributed by atoms with van der Waals surface area (Å²) in [5.41, 5.74) is 1.29. The molecule has 2 heteroatoms. The maximum Gasteiger partial charge on any atom is 0.0720 e. The smallest absolute Gasteiger partial charge is 0.0720 e. The number of benzene rings is 1. The molecule has 2 saturated carbocycles. The second-order valence-corrected chi connectivity index (χ2v) is 6.15. The molecule has 2 aliphatic carbocycles. The number of hydrogen-bond donors (Lipinski definition) is 1. The van der Waals surface area contributed by atoms with E-state index in [1.54, 1.807) is 0 Å². The summed E-state index contributed by atoms with van der Waals surface area (Å²) in [6.45, 7) is 1.98. The summed E-state index contributed by atoms with van der Waals surface area (Å²) in [6.07, 6.45) is 8.60. The summed E-state index contributed by atoms with van der Waals surface area (Å²) >= 11 is 0. The summed E-state index contributed by atoms with van der Waals surface area (Å²) < 4.78 is 5.94. The molecule has 0 aromatic heterocycles. The van der Waals surface area contributed by atoms with Crippen molar-refractivity contribution < 1.29 is 4.74 Å². The molecule has 3 rings (SSSR count). The number of hydrogen-bond acceptors (Lipinski definition) is 2. The van der Waals surface area contributed by atoms with E-state index in [4.69, 9.17) is 4.74 Å². The van der Waals surface area contributed by atoms with Crippen molar-refractivity contribution in [1.82, 2.24) is 5.32 Å². The van der Waals surface area contributed by atoms with Gasteiger partial charge in [-0.15, -0.1) is 0 Å². The van der Waals surface area contributed by atoms with Crippen LogP contribution in [0.15, 0.2) is 30.3 Å². The van der Waals surface area contributed by atoms with Crippen LogP contribution in [-0.2, 0) is 11.3 Å². The largest absolute Gasteiger partial charge is 0.374 e. The van der Waals surface area contributed by atoms with Gasteiger partial charge in [-0.1, -0.05) is 43.2 Å². The zero-order chi connectivity index (χ0) is 12.9. The third kappa shape index (κ3) is 3.80. The van der Waals surface area contributed by atoms with Crippen molar-refractivity contribution in [3.63, 3.8) is 0 Å². The number of nitrogens with one attached hydrogen (secondary N) is 1. The Hall–Kier alpha value is -0.860. The van der Waals surface area contributed by atoms with Crippen LogP contribution in [0.4, 0.5) is 0 Å². The van der Waals surface area contributed by atoms with Crippen LogP contribution < -0.4 is 5.32 Å². The molecule has 0 amide bonds. The van der Waals surface area contributed by atoms with Gasteiger partial charge in [0.1, 0.15) is 0 Å². The highest BCUT2D eigenvalue weighted by molar-refractivity contribution is 5.13. The van der Waals surface area contributed by atoms with Gasteiger partial charge in [0, 0.05) is 6.04 Å². The second kappa shape index (κ2) is 6.53. The van der Waals surface area contributed by atoms with Crippen LogP contribution in [0.3, 0.4) is 0 Å². The van der Waals surface area contributed by atoms with Crippen LogP contribution in [0.1, 0.15) is 44.1 Å². The summed E-state index contributed by atoms with van der Waals surface area (Å²) in [5, 5.41) is 3.72. The molecule has 0 radical (unpaired) electrons. The molecule has 0 atom stereocenters. The van der Waals surface area contributed by atoms with E-state index in [1.165, 1.54) is 50.6 Å². The predicted octanol–water partition coefficient (Wildman–Crippen LogP) is 3.51. The second-order valence-electron chi connectivity index (χ2n) is 6.15. The Morgan fingerprint density at radius 2 is 1.79 bits per heavy atom. The van der Waals surface area contributed by atoms with Crippen molar-refractivity contribution in [2.24, 2.45) is 5.92 Å². The van der Waals surface area contributed by atoms with Crippen LogP contribution in [0.5, 0.6) is 0 Å². The monoisotopic (exact) mass is 259 g/mol. The minimum Gasteiger partial charge on any atom is -0.374 e. The number of rotatable bonds is 6. The van der Waals surface area contributed by atoms with Crippen LogP contribution >= 0.6 is 0 Å². The van der Waals surface area contributed by atoms with Crippen LogP contribution in [0, 0.1) is 5.92 Å². The molecule has 0 bridgehead atoms. The summed E-state index contributed by atoms with van der Waals surface area (Å²) in [5.74, 6) is 0.848. The first-order valence-electron chi connectivity index (χ1n) is 7.79. The first-order chi connectivity index (χ1) is 9.40. The standard InChI is InChI=1S/C17H25NO/c1-2-6-14(7-3-1)13-19-17-10-15(11-17)12-18-16-8-4-5-9-16/h1-3,6-7,15-18H,4-5,8-13H2. The molecule has 1 aromatic carbocycles. The maximum atomic E-state index is 5.94. The predicted molar refractivity (Wildman–Crippen MR) is 78.0 cm³/mol. The highest BCUT2D eigenvalue weighted by Crippen LogP contribution is 2.30. The van der Waals surface area contributed by atoms with Crippen molar-refractivity contribution >= 4 is 0 Å². The molecule has 2 nitrogen and oxygen atoms in total. The molecule has 0 spiro atoms. The van der Waals surface area contributed by atoms with E-state index in [9.17, 15) is 0 Å². The minimum absolute atomic E-state index is 0.496. The lowest BCUT2D eigenvalue weighted by Gasteiger charge is -2.36. The SMILES string of the molecule is c1ccc(COC2CC(CNC3CCCC3)C2)cc1. The summed E-state index contributed by atoms with van der Waals surface area (Å²) in [6, 6.07) is 11.3. The van der Waals surface area contributed by atoms with Gasteiger partial charge in [-0.2, -0.15) is 0 Å². The fourth-order valence-corrected chi connectivity index (χ4v) is 3.23. The lowest BCUT2D eigenvalue weighted by atomic mass is 9.82. The Morgan fingerprint density at radius 3 is 2.53 bits per heavy atom. The van der Waals surface area contributed by atoms with E-state index >= 15 is 0 Å². The van der Waals surface area contributed by atoms with Crippen LogP contribution in [0.2, 0.25) is 0 Å². The average molecular weight is 259 g/mol. The van der Waals surface area contributed by atoms with E-state index in [1.807, 2.05) is 0 Å². The molecule has 0 aliphatic heterocycles. The molecular weight excluding hydrogens is 234 g/mol. The van der Waals surface area contributed by atoms with Crippen molar-refractivity contribution in [2.75, 3.05) is 6.54 Å². The third-order valence-electron chi connectivity index (χ3n) is 4.57. The van der Waals surface area contributed by atoms with Crippen LogP contribution in [-0.4, -0.2) is 18.7 Å². The molecule has 0 unspecified atom stereocenters. The summed E-state index contributed by atoms with van der Waals surface area (Å²) in [7, 11) is 0. The molecule has 104 valence electrons. The van der Waals surface area contributed by atoms with Gasteiger partial charge >= 0.3 is 0 Å². The van der Waals surface area contributed by atoms with E-state index in [0.29, 0.717) is 6.10 Å². The van der Waals surface area contributed by atoms with Gasteiger partial charge in [-0.3, -0.25) is 0 Å². The summed E-state index contributed by atoms with van der Waals surface area (Å²) in [4.78, 5) is 0. The van der Waals surface area contributed by atoms with Gasteiger partial charge < -0.3 is 10.1 Å². The Labute approximate surface area is 116 Å².